The number of carbonyl (C=O) groups is 1. The minimum Gasteiger partial charge on any atom is -0.481 e. The number of hydrogen-bond donors (Lipinski definition) is 0. The van der Waals surface area contributed by atoms with E-state index in [9.17, 15) is 4.79 Å². The summed E-state index contributed by atoms with van der Waals surface area (Å²) < 4.78 is 11.8. The van der Waals surface area contributed by atoms with Crippen molar-refractivity contribution in [2.75, 3.05) is 40.5 Å². The van der Waals surface area contributed by atoms with Crippen LogP contribution in [0.5, 0.6) is 5.88 Å². The van der Waals surface area contributed by atoms with Gasteiger partial charge in [-0.1, -0.05) is 172 Å². The zero-order valence-electron chi connectivity index (χ0n) is 43.1. The van der Waals surface area contributed by atoms with Gasteiger partial charge in [0.25, 0.3) is 0 Å². The van der Waals surface area contributed by atoms with Crippen molar-refractivity contribution in [2.24, 2.45) is 0 Å². The molecule has 6 heteroatoms. The van der Waals surface area contributed by atoms with Gasteiger partial charge in [0.2, 0.25) is 5.88 Å². The third-order valence-electron chi connectivity index (χ3n) is 14.7. The number of rotatable bonds is 28. The number of aryl methyl sites for hydroxylation is 1. The van der Waals surface area contributed by atoms with Gasteiger partial charge in [-0.25, -0.2) is 4.98 Å². The average molecular weight is 976 g/mol. The fourth-order valence-electron chi connectivity index (χ4n) is 11.0. The molecule has 0 amide bonds. The maximum atomic E-state index is 12.7. The van der Waals surface area contributed by atoms with Crippen LogP contribution in [0.2, 0.25) is 0 Å². The molecular weight excluding hydrogens is 900 g/mol. The number of carbonyl (C=O) groups excluding carboxylic acids is 1. The van der Waals surface area contributed by atoms with Crippen molar-refractivity contribution in [1.29, 1.82) is 0 Å². The number of nitrogens with zero attached hydrogens (tertiary/aromatic N) is 2. The molecule has 8 rings (SSSR count). The second-order valence-electron chi connectivity index (χ2n) is 19.9. The Morgan fingerprint density at radius 3 is 1.75 bits per heavy atom. The summed E-state index contributed by atoms with van der Waals surface area (Å²) in [7, 11) is 4.31. The van der Waals surface area contributed by atoms with Gasteiger partial charge in [-0.2, -0.15) is 0 Å². The minimum atomic E-state index is -1.74. The first kappa shape index (κ1) is 52.2. The predicted molar refractivity (Wildman–Crippen MR) is 307 cm³/mol. The SMILES string of the molecule is COc1nc2ccc(CCCCOC(=O)CCCCCCCCCCC[P+](c3ccccc3)(c3ccccc3)c3ccccc3)cc2cc1[C@@H](c1ccccc1)C(CCN(C)C)c1cccc2ccccc12. The molecule has 0 saturated heterocycles. The van der Waals surface area contributed by atoms with Gasteiger partial charge < -0.3 is 14.4 Å². The average Bonchev–Trinajstić information content (AvgIpc) is 3.42. The van der Waals surface area contributed by atoms with Crippen LogP contribution in [0.1, 0.15) is 118 Å². The van der Waals surface area contributed by atoms with Crippen LogP contribution in [0.15, 0.2) is 188 Å². The standard InChI is InChI=1S/C66H76N2O3P/c1-68(2)47-46-61(60-42-29-34-53-31-24-25-41-59(53)60)65(54-32-15-11-16-33-54)62-51-55-50-52(44-45-63(55)67-66(62)70-3)30-26-27-48-71-64(69)43-23-9-7-5-4-6-8-10-28-49-72(56-35-17-12-18-36-56,57-37-19-13-20-38-57)58-39-21-14-22-40-58/h11-22,24-25,29,31-42,44-45,50-51,61,65H,4-10,23,26-28,30,43,46-49H2,1-3H3/q+1/t61?,65-/m0/s1. The maximum absolute atomic E-state index is 12.7. The maximum Gasteiger partial charge on any atom is 0.305 e. The predicted octanol–water partition coefficient (Wildman–Crippen LogP) is 15.0. The first-order valence-corrected chi connectivity index (χ1v) is 28.8. The second kappa shape index (κ2) is 27.1. The molecule has 0 aliphatic carbocycles. The lowest BCUT2D eigenvalue weighted by Crippen LogP contribution is -2.33. The molecule has 0 aliphatic rings. The molecular formula is C66H76N2O3P+. The molecule has 1 unspecified atom stereocenters. The van der Waals surface area contributed by atoms with Gasteiger partial charge in [-0.3, -0.25) is 4.79 Å². The summed E-state index contributed by atoms with van der Waals surface area (Å²) in [5.41, 5.74) is 5.89. The monoisotopic (exact) mass is 976 g/mol. The van der Waals surface area contributed by atoms with Crippen LogP contribution in [0.25, 0.3) is 21.7 Å². The number of unbranched alkanes of at least 4 members (excludes halogenated alkanes) is 9. The molecule has 7 aromatic carbocycles. The molecule has 0 radical (unpaired) electrons. The number of ether oxygens (including phenoxy) is 2. The lowest BCUT2D eigenvalue weighted by Gasteiger charge is -2.31. The van der Waals surface area contributed by atoms with Gasteiger partial charge in [-0.15, -0.1) is 0 Å². The molecule has 8 aromatic rings. The van der Waals surface area contributed by atoms with Gasteiger partial charge in [0.1, 0.15) is 23.2 Å². The summed E-state index contributed by atoms with van der Waals surface area (Å²) in [6, 6.07) is 69.1. The summed E-state index contributed by atoms with van der Waals surface area (Å²) in [5, 5.41) is 8.09. The Kier molecular flexibility index (Phi) is 19.6. The molecule has 0 saturated carbocycles. The van der Waals surface area contributed by atoms with Crippen LogP contribution in [-0.2, 0) is 16.0 Å². The Balaban J connectivity index is 0.776. The molecule has 0 N–H and O–H groups in total. The third kappa shape index (κ3) is 13.7. The minimum absolute atomic E-state index is 0.0166. The Hall–Kier alpha value is -6.13. The van der Waals surface area contributed by atoms with Crippen molar-refractivity contribution in [1.82, 2.24) is 9.88 Å². The summed E-state index contributed by atoms with van der Waals surface area (Å²) >= 11 is 0. The summed E-state index contributed by atoms with van der Waals surface area (Å²) in [6.07, 6.45) is 16.1. The topological polar surface area (TPSA) is 51.7 Å². The van der Waals surface area contributed by atoms with Crippen LogP contribution < -0.4 is 20.7 Å². The zero-order valence-corrected chi connectivity index (χ0v) is 44.0. The van der Waals surface area contributed by atoms with E-state index in [2.05, 4.69) is 207 Å². The van der Waals surface area contributed by atoms with E-state index in [1.54, 1.807) is 7.11 Å². The highest BCUT2D eigenvalue weighted by atomic mass is 31.2. The molecule has 0 fully saturated rings. The second-order valence-corrected chi connectivity index (χ2v) is 23.5. The van der Waals surface area contributed by atoms with Crippen molar-refractivity contribution in [2.45, 2.75) is 102 Å². The Bertz CT molecular complexity index is 2770. The van der Waals surface area contributed by atoms with Gasteiger partial charge in [0, 0.05) is 23.3 Å². The van der Waals surface area contributed by atoms with Gasteiger partial charge in [0.15, 0.2) is 0 Å². The number of fused-ring (bicyclic) bond motifs is 2. The number of esters is 1. The molecule has 5 nitrogen and oxygen atoms in total. The Labute approximate surface area is 431 Å². The highest BCUT2D eigenvalue weighted by Gasteiger charge is 2.44. The van der Waals surface area contributed by atoms with E-state index in [4.69, 9.17) is 14.5 Å². The highest BCUT2D eigenvalue weighted by molar-refractivity contribution is 7.95. The molecule has 0 spiro atoms. The van der Waals surface area contributed by atoms with E-state index in [1.807, 2.05) is 0 Å². The van der Waals surface area contributed by atoms with E-state index in [0.29, 0.717) is 18.9 Å². The number of hydrogen-bond acceptors (Lipinski definition) is 5. The van der Waals surface area contributed by atoms with Crippen LogP contribution in [0, 0.1) is 0 Å². The van der Waals surface area contributed by atoms with Crippen molar-refractivity contribution < 1.29 is 14.3 Å². The molecule has 1 aromatic heterocycles. The molecule has 372 valence electrons. The van der Waals surface area contributed by atoms with Crippen LogP contribution >= 0.6 is 7.26 Å². The number of aromatic nitrogens is 1. The fourth-order valence-corrected chi connectivity index (χ4v) is 15.4. The summed E-state index contributed by atoms with van der Waals surface area (Å²) in [5.74, 6) is 0.803. The number of methoxy groups -OCH3 is 1. The fraction of sp³-hybridized carbons (Fsp3) is 0.333. The van der Waals surface area contributed by atoms with E-state index < -0.39 is 7.26 Å². The quantitative estimate of drug-likeness (QED) is 0.0278. The van der Waals surface area contributed by atoms with Gasteiger partial charge >= 0.3 is 5.97 Å². The highest BCUT2D eigenvalue weighted by Crippen LogP contribution is 2.56. The number of pyridine rings is 1. The largest absolute Gasteiger partial charge is 0.481 e. The molecule has 0 bridgehead atoms. The van der Waals surface area contributed by atoms with Crippen molar-refractivity contribution in [3.05, 3.63) is 210 Å². The van der Waals surface area contributed by atoms with E-state index in [0.717, 1.165) is 61.5 Å². The van der Waals surface area contributed by atoms with Crippen molar-refractivity contribution in [3.63, 3.8) is 0 Å². The molecule has 1 heterocycles. The zero-order chi connectivity index (χ0) is 49.8. The third-order valence-corrected chi connectivity index (χ3v) is 19.2. The molecule has 2 atom stereocenters. The van der Waals surface area contributed by atoms with Gasteiger partial charge in [0.05, 0.1) is 25.4 Å². The van der Waals surface area contributed by atoms with Crippen molar-refractivity contribution in [3.8, 4) is 5.88 Å². The first-order chi connectivity index (χ1) is 35.4. The Morgan fingerprint density at radius 1 is 0.556 bits per heavy atom. The normalized spacial score (nSPS) is 12.6. The van der Waals surface area contributed by atoms with E-state index in [1.165, 1.54) is 94.5 Å². The number of benzene rings is 7. The molecule has 0 aliphatic heterocycles. The van der Waals surface area contributed by atoms with E-state index in [-0.39, 0.29) is 17.8 Å². The van der Waals surface area contributed by atoms with Crippen LogP contribution in [0.4, 0.5) is 0 Å². The van der Waals surface area contributed by atoms with Gasteiger partial charge in [-0.05, 0) is 154 Å². The smallest absolute Gasteiger partial charge is 0.305 e. The van der Waals surface area contributed by atoms with E-state index >= 15 is 0 Å². The first-order valence-electron chi connectivity index (χ1n) is 26.8. The lowest BCUT2D eigenvalue weighted by atomic mass is 9.74. The summed E-state index contributed by atoms with van der Waals surface area (Å²) in [6.45, 7) is 1.42. The Morgan fingerprint density at radius 2 is 1.12 bits per heavy atom. The van der Waals surface area contributed by atoms with Crippen LogP contribution in [0.3, 0.4) is 0 Å². The van der Waals surface area contributed by atoms with Crippen LogP contribution in [-0.4, -0.2) is 56.4 Å². The summed E-state index contributed by atoms with van der Waals surface area (Å²) in [4.78, 5) is 20.1. The van der Waals surface area contributed by atoms with Crippen molar-refractivity contribution >= 4 is 50.8 Å². The lowest BCUT2D eigenvalue weighted by molar-refractivity contribution is -0.143. The molecule has 72 heavy (non-hydrogen) atoms.